The third kappa shape index (κ3) is 3.57. The minimum atomic E-state index is 0. The molecule has 1 amide bonds. The summed E-state index contributed by atoms with van der Waals surface area (Å²) in [5.74, 6) is 0.195. The van der Waals surface area contributed by atoms with Crippen LogP contribution in [0.4, 0.5) is 0 Å². The number of hydrogen-bond donors (Lipinski definition) is 1. The van der Waals surface area contributed by atoms with Gasteiger partial charge < -0.3 is 10.2 Å². The maximum atomic E-state index is 12.6. The van der Waals surface area contributed by atoms with Crippen molar-refractivity contribution in [2.45, 2.75) is 19.4 Å². The third-order valence-corrected chi connectivity index (χ3v) is 4.49. The highest BCUT2D eigenvalue weighted by Gasteiger charge is 2.31. The average Bonchev–Trinajstić information content (AvgIpc) is 2.98. The van der Waals surface area contributed by atoms with Crippen LogP contribution >= 0.6 is 12.4 Å². The van der Waals surface area contributed by atoms with E-state index in [4.69, 9.17) is 0 Å². The van der Waals surface area contributed by atoms with E-state index in [1.165, 1.54) is 0 Å². The molecule has 0 radical (unpaired) electrons. The summed E-state index contributed by atoms with van der Waals surface area (Å²) in [7, 11) is 0. The number of piperazine rings is 1. The highest BCUT2D eigenvalue weighted by molar-refractivity contribution is 5.95. The molecule has 3 rings (SSSR count). The molecule has 0 aliphatic carbocycles. The zero-order chi connectivity index (χ0) is 13.9. The molecule has 2 aliphatic rings. The van der Waals surface area contributed by atoms with Crippen LogP contribution in [0.25, 0.3) is 0 Å². The van der Waals surface area contributed by atoms with Crippen molar-refractivity contribution in [2.75, 3.05) is 39.3 Å². The predicted molar refractivity (Wildman–Crippen MR) is 87.2 cm³/mol. The van der Waals surface area contributed by atoms with Crippen molar-refractivity contribution >= 4 is 18.3 Å². The van der Waals surface area contributed by atoms with E-state index in [1.807, 2.05) is 36.1 Å². The second-order valence-corrected chi connectivity index (χ2v) is 5.79. The number of amides is 1. The maximum Gasteiger partial charge on any atom is 0.254 e. The van der Waals surface area contributed by atoms with E-state index in [2.05, 4.69) is 10.2 Å². The van der Waals surface area contributed by atoms with Crippen LogP contribution in [-0.4, -0.2) is 61.0 Å². The summed E-state index contributed by atoms with van der Waals surface area (Å²) in [6.07, 6.45) is 1.11. The van der Waals surface area contributed by atoms with E-state index in [0.717, 1.165) is 56.8 Å². The van der Waals surface area contributed by atoms with Crippen LogP contribution in [0.15, 0.2) is 24.3 Å². The number of carbonyl (C=O) groups is 1. The van der Waals surface area contributed by atoms with Gasteiger partial charge in [0.25, 0.3) is 5.91 Å². The third-order valence-electron chi connectivity index (χ3n) is 4.49. The molecule has 0 aromatic heterocycles. The largest absolute Gasteiger partial charge is 0.337 e. The molecule has 0 bridgehead atoms. The van der Waals surface area contributed by atoms with Crippen LogP contribution in [0.1, 0.15) is 22.3 Å². The molecule has 2 fully saturated rings. The summed E-state index contributed by atoms with van der Waals surface area (Å²) >= 11 is 0. The molecular formula is C16H24ClN3O. The van der Waals surface area contributed by atoms with E-state index in [9.17, 15) is 4.79 Å². The first-order chi connectivity index (χ1) is 9.75. The molecular weight excluding hydrogens is 286 g/mol. The predicted octanol–water partition coefficient (Wildman–Crippen LogP) is 1.54. The number of benzene rings is 1. The van der Waals surface area contributed by atoms with Crippen molar-refractivity contribution in [1.29, 1.82) is 0 Å². The molecule has 1 N–H and O–H groups in total. The monoisotopic (exact) mass is 309 g/mol. The number of likely N-dealkylation sites (tertiary alicyclic amines) is 1. The Balaban J connectivity index is 0.00000161. The first-order valence-corrected chi connectivity index (χ1v) is 7.55. The molecule has 5 heteroatoms. The summed E-state index contributed by atoms with van der Waals surface area (Å²) in [5, 5.41) is 3.38. The van der Waals surface area contributed by atoms with Gasteiger partial charge >= 0.3 is 0 Å². The first-order valence-electron chi connectivity index (χ1n) is 7.55. The Labute approximate surface area is 132 Å². The Morgan fingerprint density at radius 3 is 2.62 bits per heavy atom. The molecule has 0 saturated carbocycles. The molecule has 1 aromatic carbocycles. The van der Waals surface area contributed by atoms with Gasteiger partial charge in [0, 0.05) is 50.9 Å². The normalized spacial score (nSPS) is 22.9. The van der Waals surface area contributed by atoms with E-state index in [0.29, 0.717) is 6.04 Å². The number of aryl methyl sites for hydroxylation is 1. The van der Waals surface area contributed by atoms with E-state index < -0.39 is 0 Å². The van der Waals surface area contributed by atoms with Gasteiger partial charge in [-0.1, -0.05) is 18.2 Å². The Kier molecular flexibility index (Phi) is 5.62. The van der Waals surface area contributed by atoms with E-state index in [1.54, 1.807) is 0 Å². The minimum Gasteiger partial charge on any atom is -0.337 e. The van der Waals surface area contributed by atoms with Crippen molar-refractivity contribution in [1.82, 2.24) is 15.1 Å². The van der Waals surface area contributed by atoms with Crippen molar-refractivity contribution in [3.05, 3.63) is 35.4 Å². The van der Waals surface area contributed by atoms with Crippen LogP contribution in [0, 0.1) is 6.92 Å². The van der Waals surface area contributed by atoms with Crippen LogP contribution < -0.4 is 5.32 Å². The molecule has 0 spiro atoms. The first kappa shape index (κ1) is 16.3. The summed E-state index contributed by atoms with van der Waals surface area (Å²) in [5.41, 5.74) is 1.93. The quantitative estimate of drug-likeness (QED) is 0.900. The summed E-state index contributed by atoms with van der Waals surface area (Å²) in [6, 6.07) is 8.43. The highest BCUT2D eigenvalue weighted by Crippen LogP contribution is 2.19. The standard InChI is InChI=1S/C16H23N3O.ClH/c1-13-4-2-3-5-15(13)16(20)19-9-6-14(12-19)18-10-7-17-8-11-18;/h2-5,14,17H,6-12H2,1H3;1H. The van der Waals surface area contributed by atoms with Crippen LogP contribution in [0.5, 0.6) is 0 Å². The van der Waals surface area contributed by atoms with Gasteiger partial charge in [-0.2, -0.15) is 0 Å². The summed E-state index contributed by atoms with van der Waals surface area (Å²) in [6.45, 7) is 8.14. The smallest absolute Gasteiger partial charge is 0.254 e. The number of nitrogens with one attached hydrogen (secondary N) is 1. The number of nitrogens with zero attached hydrogens (tertiary/aromatic N) is 2. The van der Waals surface area contributed by atoms with Gasteiger partial charge in [-0.15, -0.1) is 12.4 Å². The van der Waals surface area contributed by atoms with Crippen molar-refractivity contribution in [3.8, 4) is 0 Å². The molecule has 4 nitrogen and oxygen atoms in total. The van der Waals surface area contributed by atoms with Gasteiger partial charge in [0.2, 0.25) is 0 Å². The fraction of sp³-hybridized carbons (Fsp3) is 0.562. The zero-order valence-corrected chi connectivity index (χ0v) is 13.4. The van der Waals surface area contributed by atoms with Gasteiger partial charge in [-0.3, -0.25) is 9.69 Å². The van der Waals surface area contributed by atoms with Crippen LogP contribution in [0.3, 0.4) is 0 Å². The van der Waals surface area contributed by atoms with Gasteiger partial charge in [0.05, 0.1) is 0 Å². The molecule has 2 aliphatic heterocycles. The second-order valence-electron chi connectivity index (χ2n) is 5.79. The molecule has 116 valence electrons. The van der Waals surface area contributed by atoms with Crippen molar-refractivity contribution in [3.63, 3.8) is 0 Å². The molecule has 1 unspecified atom stereocenters. The maximum absolute atomic E-state index is 12.6. The SMILES string of the molecule is Cc1ccccc1C(=O)N1CCC(N2CCNCC2)C1.Cl. The fourth-order valence-corrected chi connectivity index (χ4v) is 3.25. The van der Waals surface area contributed by atoms with Gasteiger partial charge in [-0.25, -0.2) is 0 Å². The van der Waals surface area contributed by atoms with E-state index >= 15 is 0 Å². The van der Waals surface area contributed by atoms with E-state index in [-0.39, 0.29) is 18.3 Å². The highest BCUT2D eigenvalue weighted by atomic mass is 35.5. The second kappa shape index (κ2) is 7.25. The molecule has 21 heavy (non-hydrogen) atoms. The lowest BCUT2D eigenvalue weighted by molar-refractivity contribution is 0.0773. The lowest BCUT2D eigenvalue weighted by Crippen LogP contribution is -2.49. The van der Waals surface area contributed by atoms with Gasteiger partial charge in [0.15, 0.2) is 0 Å². The molecule has 2 heterocycles. The lowest BCUT2D eigenvalue weighted by atomic mass is 10.1. The Hall–Kier alpha value is -1.10. The van der Waals surface area contributed by atoms with Crippen molar-refractivity contribution in [2.24, 2.45) is 0 Å². The number of hydrogen-bond acceptors (Lipinski definition) is 3. The fourth-order valence-electron chi connectivity index (χ4n) is 3.25. The van der Waals surface area contributed by atoms with Crippen molar-refractivity contribution < 1.29 is 4.79 Å². The molecule has 1 atom stereocenters. The number of rotatable bonds is 2. The van der Waals surface area contributed by atoms with Gasteiger partial charge in [0.1, 0.15) is 0 Å². The topological polar surface area (TPSA) is 35.6 Å². The Morgan fingerprint density at radius 2 is 1.90 bits per heavy atom. The number of carbonyl (C=O) groups excluding carboxylic acids is 1. The van der Waals surface area contributed by atoms with Crippen LogP contribution in [0.2, 0.25) is 0 Å². The zero-order valence-electron chi connectivity index (χ0n) is 12.5. The summed E-state index contributed by atoms with van der Waals surface area (Å²) < 4.78 is 0. The minimum absolute atomic E-state index is 0. The number of halogens is 1. The average molecular weight is 310 g/mol. The molecule has 2 saturated heterocycles. The Morgan fingerprint density at radius 1 is 1.19 bits per heavy atom. The Bertz CT molecular complexity index is 488. The van der Waals surface area contributed by atoms with Gasteiger partial charge in [-0.05, 0) is 25.0 Å². The van der Waals surface area contributed by atoms with Crippen LogP contribution in [-0.2, 0) is 0 Å². The molecule has 1 aromatic rings. The summed E-state index contributed by atoms with van der Waals surface area (Å²) in [4.78, 5) is 17.1. The lowest BCUT2D eigenvalue weighted by Gasteiger charge is -2.32.